The molecular formula is C29H44N7O5+. The number of nitrogens with one attached hydrogen (secondary N) is 3. The van der Waals surface area contributed by atoms with Gasteiger partial charge in [0.2, 0.25) is 18.2 Å². The largest absolute Gasteiger partial charge is 0.464 e. The lowest BCUT2D eigenvalue weighted by Gasteiger charge is -2.26. The second kappa shape index (κ2) is 15.8. The van der Waals surface area contributed by atoms with E-state index in [0.717, 1.165) is 31.1 Å². The highest BCUT2D eigenvalue weighted by molar-refractivity contribution is 5.94. The maximum Gasteiger partial charge on any atom is 0.338 e. The van der Waals surface area contributed by atoms with Crippen molar-refractivity contribution < 1.29 is 28.9 Å². The zero-order valence-corrected chi connectivity index (χ0v) is 23.8. The van der Waals surface area contributed by atoms with E-state index in [-0.39, 0.29) is 25.4 Å². The van der Waals surface area contributed by atoms with Gasteiger partial charge in [0.15, 0.2) is 0 Å². The zero-order valence-electron chi connectivity index (χ0n) is 23.8. The Morgan fingerprint density at radius 3 is 2.49 bits per heavy atom. The molecule has 1 aliphatic carbocycles. The molecule has 41 heavy (non-hydrogen) atoms. The summed E-state index contributed by atoms with van der Waals surface area (Å²) < 4.78 is 6.62. The Bertz CT molecular complexity index is 1220. The topological polar surface area (TPSA) is 199 Å². The molecule has 224 valence electrons. The number of carbonyl (C=O) groups is 4. The van der Waals surface area contributed by atoms with E-state index in [1.807, 2.05) is 18.2 Å². The third-order valence-corrected chi connectivity index (χ3v) is 7.53. The lowest BCUT2D eigenvalue weighted by atomic mass is 9.85. The van der Waals surface area contributed by atoms with Crippen LogP contribution in [0, 0.1) is 5.92 Å². The molecule has 2 aromatic rings. The number of hydrogen-bond acceptors (Lipinski definition) is 6. The molecule has 1 aliphatic rings. The molecule has 1 fully saturated rings. The van der Waals surface area contributed by atoms with Crippen LogP contribution in [0.4, 0.5) is 0 Å². The number of nitrogens with zero attached hydrogens (tertiary/aromatic N) is 1. The number of para-hydroxylation sites is 1. The van der Waals surface area contributed by atoms with Gasteiger partial charge >= 0.3 is 11.9 Å². The molecular weight excluding hydrogens is 526 g/mol. The van der Waals surface area contributed by atoms with Crippen LogP contribution in [0.3, 0.4) is 0 Å². The highest BCUT2D eigenvalue weighted by Crippen LogP contribution is 2.27. The Morgan fingerprint density at radius 2 is 1.80 bits per heavy atom. The average molecular weight is 571 g/mol. The number of rotatable bonds is 15. The van der Waals surface area contributed by atoms with Crippen molar-refractivity contribution in [2.24, 2.45) is 23.1 Å². The van der Waals surface area contributed by atoms with Gasteiger partial charge in [-0.3, -0.25) is 35.4 Å². The van der Waals surface area contributed by atoms with Gasteiger partial charge in [-0.25, -0.2) is 4.79 Å². The number of esters is 1. The number of benzene rings is 1. The van der Waals surface area contributed by atoms with Crippen molar-refractivity contribution in [2.75, 3.05) is 13.2 Å². The molecule has 1 saturated carbocycles. The predicted octanol–water partition coefficient (Wildman–Crippen LogP) is -0.813. The van der Waals surface area contributed by atoms with E-state index in [1.165, 1.54) is 11.0 Å². The summed E-state index contributed by atoms with van der Waals surface area (Å²) in [5.74, 6) is -1.13. The second-order valence-electron chi connectivity index (χ2n) is 10.6. The van der Waals surface area contributed by atoms with Gasteiger partial charge in [-0.1, -0.05) is 50.3 Å². The van der Waals surface area contributed by atoms with E-state index in [2.05, 4.69) is 15.6 Å². The Labute approximate surface area is 240 Å². The molecule has 1 aromatic carbocycles. The van der Waals surface area contributed by atoms with E-state index >= 15 is 0 Å². The van der Waals surface area contributed by atoms with Gasteiger partial charge in [0.1, 0.15) is 12.1 Å². The van der Waals surface area contributed by atoms with E-state index in [1.54, 1.807) is 19.2 Å². The minimum Gasteiger partial charge on any atom is -0.464 e. The lowest BCUT2D eigenvalue weighted by molar-refractivity contribution is -0.459. The van der Waals surface area contributed by atoms with Gasteiger partial charge < -0.3 is 21.1 Å². The molecule has 0 radical (unpaired) electrons. The lowest BCUT2D eigenvalue weighted by Crippen LogP contribution is -2.78. The van der Waals surface area contributed by atoms with Gasteiger partial charge in [0, 0.05) is 18.0 Å². The van der Waals surface area contributed by atoms with Crippen LogP contribution in [0.25, 0.3) is 10.9 Å². The van der Waals surface area contributed by atoms with Crippen molar-refractivity contribution in [3.05, 3.63) is 36.0 Å². The second-order valence-corrected chi connectivity index (χ2v) is 10.6. The molecule has 0 saturated heterocycles. The van der Waals surface area contributed by atoms with E-state index in [9.17, 15) is 19.2 Å². The molecule has 1 aromatic heterocycles. The predicted molar refractivity (Wildman–Crippen MR) is 156 cm³/mol. The van der Waals surface area contributed by atoms with Crippen molar-refractivity contribution in [3.8, 4) is 0 Å². The van der Waals surface area contributed by atoms with E-state index in [4.69, 9.17) is 21.9 Å². The summed E-state index contributed by atoms with van der Waals surface area (Å²) in [4.78, 5) is 54.1. The van der Waals surface area contributed by atoms with Crippen LogP contribution < -0.4 is 32.8 Å². The normalized spacial score (nSPS) is 15.9. The number of aromatic nitrogens is 1. The highest BCUT2D eigenvalue weighted by atomic mass is 16.5. The number of guanidine groups is 1. The van der Waals surface area contributed by atoms with Crippen LogP contribution in [0.1, 0.15) is 63.9 Å². The molecule has 0 bridgehead atoms. The summed E-state index contributed by atoms with van der Waals surface area (Å²) in [5, 5.41) is 6.37. The van der Waals surface area contributed by atoms with E-state index in [0.29, 0.717) is 42.8 Å². The van der Waals surface area contributed by atoms with Gasteiger partial charge in [0.05, 0.1) is 24.7 Å². The molecule has 9 N–H and O–H groups in total. The van der Waals surface area contributed by atoms with Crippen molar-refractivity contribution in [3.63, 3.8) is 0 Å². The minimum absolute atomic E-state index is 0.0588. The molecule has 0 unspecified atom stereocenters. The van der Waals surface area contributed by atoms with Crippen LogP contribution >= 0.6 is 0 Å². The third-order valence-electron chi connectivity index (χ3n) is 7.53. The first-order valence-corrected chi connectivity index (χ1v) is 14.4. The SMILES string of the molecule is CCOC(=O)[C@@H](CCC[NH+]=C(N)N)NC(=O)[C@H](Cc1cn(C=O)c2ccccc12)NC(=O)[C@H](N)CC1CCCCC1. The fraction of sp³-hybridized carbons (Fsp3) is 0.552. The number of nitrogens with two attached hydrogens (primary N) is 3. The van der Waals surface area contributed by atoms with Gasteiger partial charge in [-0.05, 0) is 43.7 Å². The third kappa shape index (κ3) is 9.31. The van der Waals surface area contributed by atoms with Gasteiger partial charge in [-0.15, -0.1) is 0 Å². The number of ether oxygens (including phenoxy) is 1. The number of carbonyl (C=O) groups excluding carboxylic acids is 4. The maximum atomic E-state index is 13.7. The van der Waals surface area contributed by atoms with Crippen LogP contribution in [-0.2, 0) is 30.3 Å². The average Bonchev–Trinajstić information content (AvgIpc) is 3.32. The number of amides is 2. The summed E-state index contributed by atoms with van der Waals surface area (Å²) >= 11 is 0. The Balaban J connectivity index is 1.82. The first-order valence-electron chi connectivity index (χ1n) is 14.4. The summed E-state index contributed by atoms with van der Waals surface area (Å²) in [7, 11) is 0. The minimum atomic E-state index is -1.05. The first kappa shape index (κ1) is 31.6. The monoisotopic (exact) mass is 570 g/mol. The molecule has 3 atom stereocenters. The number of hydrogen-bond donors (Lipinski definition) is 6. The van der Waals surface area contributed by atoms with Gasteiger partial charge in [0.25, 0.3) is 0 Å². The summed E-state index contributed by atoms with van der Waals surface area (Å²) in [6, 6.07) is 4.54. The maximum absolute atomic E-state index is 13.7. The molecule has 12 heteroatoms. The Hall–Kier alpha value is -3.93. The molecule has 2 amide bonds. The van der Waals surface area contributed by atoms with Crippen molar-refractivity contribution in [1.82, 2.24) is 15.2 Å². The molecule has 3 rings (SSSR count). The first-order chi connectivity index (χ1) is 19.7. The fourth-order valence-electron chi connectivity index (χ4n) is 5.43. The van der Waals surface area contributed by atoms with Crippen molar-refractivity contribution >= 4 is 41.1 Å². The molecule has 0 aliphatic heterocycles. The van der Waals surface area contributed by atoms with Gasteiger partial charge in [-0.2, -0.15) is 0 Å². The fourth-order valence-corrected chi connectivity index (χ4v) is 5.43. The van der Waals surface area contributed by atoms with Crippen molar-refractivity contribution in [1.29, 1.82) is 0 Å². The highest BCUT2D eigenvalue weighted by Gasteiger charge is 2.30. The number of fused-ring (bicyclic) bond motifs is 1. The summed E-state index contributed by atoms with van der Waals surface area (Å²) in [6.45, 7) is 2.23. The van der Waals surface area contributed by atoms with Crippen LogP contribution in [0.5, 0.6) is 0 Å². The molecule has 0 spiro atoms. The zero-order chi connectivity index (χ0) is 29.8. The summed E-state index contributed by atoms with van der Waals surface area (Å²) in [5.41, 5.74) is 18.6. The Kier molecular flexibility index (Phi) is 12.1. The van der Waals surface area contributed by atoms with Crippen LogP contribution in [0.2, 0.25) is 0 Å². The smallest absolute Gasteiger partial charge is 0.338 e. The molecule has 1 heterocycles. The molecule has 12 nitrogen and oxygen atoms in total. The quantitative estimate of drug-likeness (QED) is 0.0525. The standard InChI is InChI=1S/C29H43N7O5/c1-2-41-28(40)23(12-8-14-33-29(31)32)34-27(39)24(35-26(38)22(30)15-19-9-4-3-5-10-19)16-20-17-36(18-37)25-13-7-6-11-21(20)25/h6-7,11,13,17-19,22-24H,2-5,8-10,12,14-16,30H2,1H3,(H,34,39)(H,35,38)(H4,31,32,33)/p+1/t22-,23-,24+/m1/s1. The Morgan fingerprint density at radius 1 is 1.10 bits per heavy atom. The van der Waals surface area contributed by atoms with Crippen molar-refractivity contribution in [2.45, 2.75) is 82.8 Å². The van der Waals surface area contributed by atoms with E-state index < -0.39 is 35.9 Å². The van der Waals surface area contributed by atoms with Crippen LogP contribution in [0.15, 0.2) is 30.5 Å². The van der Waals surface area contributed by atoms with Crippen LogP contribution in [-0.4, -0.2) is 66.0 Å². The summed E-state index contributed by atoms with van der Waals surface area (Å²) in [6.07, 6.45) is 9.25.